The van der Waals surface area contributed by atoms with E-state index in [2.05, 4.69) is 11.5 Å². The molecule has 0 radical (unpaired) electrons. The highest BCUT2D eigenvalue weighted by Crippen LogP contribution is 2.42. The number of anilines is 1. The first-order valence-electron chi connectivity index (χ1n) is 19.6. The zero-order valence-electron chi connectivity index (χ0n) is 33.4. The van der Waals surface area contributed by atoms with Crippen LogP contribution in [0.2, 0.25) is 5.02 Å². The SMILES string of the molecule is C=C[C@H]([C@@H]1CC[C@H]1CN1CCCCc2cc(Cl)ccc2COc2ccc(S(=O)(=O)N(Cc3ccc(OC)cc3)Cc3ccc(OC)cc3)cc21)N(C)C(=O)OCC. The van der Waals surface area contributed by atoms with Crippen LogP contribution in [-0.4, -0.2) is 70.7 Å². The Kier molecular flexibility index (Phi) is 14.1. The van der Waals surface area contributed by atoms with Gasteiger partial charge in [-0.3, -0.25) is 0 Å². The number of methoxy groups -OCH3 is 2. The van der Waals surface area contributed by atoms with Crippen molar-refractivity contribution in [3.63, 3.8) is 0 Å². The molecule has 1 aliphatic heterocycles. The van der Waals surface area contributed by atoms with E-state index in [1.165, 1.54) is 4.31 Å². The number of hydrogen-bond donors (Lipinski definition) is 0. The minimum absolute atomic E-state index is 0.148. The van der Waals surface area contributed by atoms with Crippen molar-refractivity contribution in [3.8, 4) is 17.2 Å². The Bertz CT molecular complexity index is 2050. The van der Waals surface area contributed by atoms with E-state index in [1.54, 1.807) is 51.3 Å². The van der Waals surface area contributed by atoms with Crippen LogP contribution in [0.25, 0.3) is 0 Å². The zero-order valence-corrected chi connectivity index (χ0v) is 34.9. The Labute approximate surface area is 343 Å². The maximum atomic E-state index is 14.9. The molecule has 3 atom stereocenters. The third-order valence-corrected chi connectivity index (χ3v) is 13.3. The van der Waals surface area contributed by atoms with Crippen molar-refractivity contribution in [1.29, 1.82) is 0 Å². The highest BCUT2D eigenvalue weighted by molar-refractivity contribution is 7.89. The van der Waals surface area contributed by atoms with E-state index in [9.17, 15) is 13.2 Å². The first-order chi connectivity index (χ1) is 27.5. The summed E-state index contributed by atoms with van der Waals surface area (Å²) in [7, 11) is 0.918. The predicted molar refractivity (Wildman–Crippen MR) is 225 cm³/mol. The molecule has 0 aromatic heterocycles. The number of aryl methyl sites for hydroxylation is 1. The Morgan fingerprint density at radius 1 is 0.930 bits per heavy atom. The summed E-state index contributed by atoms with van der Waals surface area (Å²) in [4.78, 5) is 16.9. The number of hydrogen-bond acceptors (Lipinski definition) is 8. The number of fused-ring (bicyclic) bond motifs is 2. The fourth-order valence-corrected chi connectivity index (χ4v) is 9.48. The van der Waals surface area contributed by atoms with Gasteiger partial charge in [-0.25, -0.2) is 13.2 Å². The quantitative estimate of drug-likeness (QED) is 0.116. The largest absolute Gasteiger partial charge is 0.497 e. The molecular formula is C45H54ClN3O7S. The number of ether oxygens (including phenoxy) is 4. The third-order valence-electron chi connectivity index (χ3n) is 11.2. The summed E-state index contributed by atoms with van der Waals surface area (Å²) >= 11 is 6.42. The first-order valence-corrected chi connectivity index (χ1v) is 21.4. The molecule has 6 rings (SSSR count). The normalized spacial score (nSPS) is 17.5. The minimum atomic E-state index is -4.06. The van der Waals surface area contributed by atoms with Gasteiger partial charge in [0.1, 0.15) is 23.9 Å². The van der Waals surface area contributed by atoms with Crippen molar-refractivity contribution < 1.29 is 32.2 Å². The molecule has 2 aliphatic rings. The first kappa shape index (κ1) is 41.9. The number of likely N-dealkylation sites (N-methyl/N-ethyl adjacent to an activating group) is 1. The Morgan fingerprint density at radius 2 is 1.60 bits per heavy atom. The third kappa shape index (κ3) is 10.1. The van der Waals surface area contributed by atoms with Gasteiger partial charge in [0.25, 0.3) is 0 Å². The molecule has 304 valence electrons. The number of nitrogens with zero attached hydrogens (tertiary/aromatic N) is 3. The van der Waals surface area contributed by atoms with Crippen molar-refractivity contribution in [3.05, 3.63) is 125 Å². The second-order valence-electron chi connectivity index (χ2n) is 14.7. The molecule has 0 N–H and O–H groups in total. The van der Waals surface area contributed by atoms with Crippen LogP contribution in [-0.2, 0) is 40.9 Å². The molecule has 0 spiro atoms. The van der Waals surface area contributed by atoms with Crippen molar-refractivity contribution in [1.82, 2.24) is 9.21 Å². The summed E-state index contributed by atoms with van der Waals surface area (Å²) in [6, 6.07) is 25.8. The summed E-state index contributed by atoms with van der Waals surface area (Å²) in [6.07, 6.45) is 6.02. The lowest BCUT2D eigenvalue weighted by Gasteiger charge is -2.46. The lowest BCUT2D eigenvalue weighted by molar-refractivity contribution is 0.0623. The summed E-state index contributed by atoms with van der Waals surface area (Å²) in [6.45, 7) is 8.14. The van der Waals surface area contributed by atoms with Gasteiger partial charge < -0.3 is 28.7 Å². The number of sulfonamides is 1. The number of amides is 1. The number of carbonyl (C=O) groups is 1. The van der Waals surface area contributed by atoms with E-state index in [0.717, 1.165) is 60.0 Å². The second-order valence-corrected chi connectivity index (χ2v) is 17.1. The second kappa shape index (κ2) is 19.2. The average molecular weight is 816 g/mol. The number of carbonyl (C=O) groups excluding carboxylic acids is 1. The van der Waals surface area contributed by atoms with Crippen LogP contribution in [0, 0.1) is 11.8 Å². The molecule has 4 aromatic rings. The van der Waals surface area contributed by atoms with E-state index >= 15 is 0 Å². The maximum Gasteiger partial charge on any atom is 0.409 e. The maximum absolute atomic E-state index is 14.9. The van der Waals surface area contributed by atoms with Crippen molar-refractivity contribution in [2.45, 2.75) is 69.7 Å². The van der Waals surface area contributed by atoms with E-state index < -0.39 is 10.0 Å². The van der Waals surface area contributed by atoms with Gasteiger partial charge >= 0.3 is 6.09 Å². The highest BCUT2D eigenvalue weighted by atomic mass is 35.5. The summed E-state index contributed by atoms with van der Waals surface area (Å²) in [5.74, 6) is 2.38. The van der Waals surface area contributed by atoms with Crippen LogP contribution in [0.3, 0.4) is 0 Å². The van der Waals surface area contributed by atoms with Crippen LogP contribution < -0.4 is 19.1 Å². The Hall–Kier alpha value is -4.71. The molecular weight excluding hydrogens is 762 g/mol. The molecule has 1 saturated carbocycles. The van der Waals surface area contributed by atoms with Gasteiger partial charge in [0.15, 0.2) is 0 Å². The molecule has 1 heterocycles. The summed E-state index contributed by atoms with van der Waals surface area (Å²) < 4.78 is 54.0. The highest BCUT2D eigenvalue weighted by Gasteiger charge is 2.40. The monoisotopic (exact) mass is 815 g/mol. The lowest BCUT2D eigenvalue weighted by atomic mass is 9.69. The van der Waals surface area contributed by atoms with Crippen molar-refractivity contribution in [2.75, 3.05) is 45.9 Å². The number of benzene rings is 4. The summed E-state index contributed by atoms with van der Waals surface area (Å²) in [5, 5.41) is 0.690. The Morgan fingerprint density at radius 3 is 2.18 bits per heavy atom. The van der Waals surface area contributed by atoms with Gasteiger partial charge in [-0.1, -0.05) is 48.0 Å². The minimum Gasteiger partial charge on any atom is -0.497 e. The molecule has 0 unspecified atom stereocenters. The van der Waals surface area contributed by atoms with Crippen molar-refractivity contribution in [2.24, 2.45) is 11.8 Å². The van der Waals surface area contributed by atoms with Gasteiger partial charge in [-0.05, 0) is 128 Å². The van der Waals surface area contributed by atoms with E-state index in [0.29, 0.717) is 48.6 Å². The number of halogens is 1. The van der Waals surface area contributed by atoms with Gasteiger partial charge in [0, 0.05) is 38.2 Å². The molecule has 4 aromatic carbocycles. The molecule has 1 fully saturated rings. The average Bonchev–Trinajstić information content (AvgIpc) is 3.24. The van der Waals surface area contributed by atoms with Gasteiger partial charge in [0.2, 0.25) is 10.0 Å². The molecule has 57 heavy (non-hydrogen) atoms. The molecule has 10 nitrogen and oxygen atoms in total. The van der Waals surface area contributed by atoms with Crippen molar-refractivity contribution >= 4 is 33.4 Å². The molecule has 1 aliphatic carbocycles. The predicted octanol–water partition coefficient (Wildman–Crippen LogP) is 9.14. The van der Waals surface area contributed by atoms with Crippen LogP contribution in [0.4, 0.5) is 10.5 Å². The van der Waals surface area contributed by atoms with Gasteiger partial charge in [0.05, 0.1) is 37.5 Å². The molecule has 12 heteroatoms. The van der Waals surface area contributed by atoms with Crippen LogP contribution in [0.5, 0.6) is 17.2 Å². The molecule has 1 amide bonds. The lowest BCUT2D eigenvalue weighted by Crippen LogP contribution is -2.50. The fourth-order valence-electron chi connectivity index (χ4n) is 7.84. The van der Waals surface area contributed by atoms with Gasteiger partial charge in [-0.2, -0.15) is 4.31 Å². The fraction of sp³-hybridized carbons (Fsp3) is 0.400. The van der Waals surface area contributed by atoms with E-state index in [-0.39, 0.29) is 42.0 Å². The molecule has 0 saturated heterocycles. The standard InChI is InChI=1S/C45H54ClN3O7S/c1-6-42(47(3)45(50)55-7-2)41-23-16-35(41)30-48-25-9-8-10-34-26-37(46)17-15-36(34)31-56-44-24-22-40(27-43(44)48)57(51,52)49(28-32-11-18-38(53-4)19-12-32)29-33-13-20-39(54-5)21-14-33/h6,11-15,17-22,24,26-27,35,41-42H,1,7-10,16,23,25,28-31H2,2-5H3/t35-,41+,42+/m0/s1. The summed E-state index contributed by atoms with van der Waals surface area (Å²) in [5.41, 5.74) is 4.58. The zero-order chi connectivity index (χ0) is 40.5. The van der Waals surface area contributed by atoms with E-state index in [4.69, 9.17) is 30.5 Å². The van der Waals surface area contributed by atoms with E-state index in [1.807, 2.05) is 72.8 Å². The number of rotatable bonds is 14. The molecule has 0 bridgehead atoms. The smallest absolute Gasteiger partial charge is 0.409 e. The van der Waals surface area contributed by atoms with Gasteiger partial charge in [-0.15, -0.1) is 6.58 Å². The topological polar surface area (TPSA) is 97.9 Å². The van der Waals surface area contributed by atoms with Crippen LogP contribution in [0.1, 0.15) is 54.9 Å². The Balaban J connectivity index is 1.37. The van der Waals surface area contributed by atoms with Crippen LogP contribution in [0.15, 0.2) is 102 Å². The van der Waals surface area contributed by atoms with Crippen LogP contribution >= 0.6 is 11.6 Å².